The van der Waals surface area contributed by atoms with E-state index in [1.807, 2.05) is 6.07 Å². The lowest BCUT2D eigenvalue weighted by atomic mass is 9.90. The van der Waals surface area contributed by atoms with Crippen molar-refractivity contribution < 1.29 is 14.3 Å². The molecule has 25 heavy (non-hydrogen) atoms. The summed E-state index contributed by atoms with van der Waals surface area (Å²) < 4.78 is 5.32. The highest BCUT2D eigenvalue weighted by Crippen LogP contribution is 2.32. The Morgan fingerprint density at radius 2 is 2.16 bits per heavy atom. The Balaban J connectivity index is 1.48. The van der Waals surface area contributed by atoms with E-state index < -0.39 is 5.91 Å². The van der Waals surface area contributed by atoms with Crippen LogP contribution in [0.2, 0.25) is 5.02 Å². The lowest BCUT2D eigenvalue weighted by molar-refractivity contribution is -0.123. The molecule has 2 aromatic rings. The third-order valence-corrected chi connectivity index (χ3v) is 5.51. The van der Waals surface area contributed by atoms with Gasteiger partial charge in [0.2, 0.25) is 0 Å². The number of hydrazine groups is 1. The van der Waals surface area contributed by atoms with Crippen LogP contribution < -0.4 is 15.6 Å². The van der Waals surface area contributed by atoms with Crippen LogP contribution in [-0.2, 0) is 17.6 Å². The van der Waals surface area contributed by atoms with Gasteiger partial charge in [-0.15, -0.1) is 11.3 Å². The summed E-state index contributed by atoms with van der Waals surface area (Å²) in [6.45, 7) is 2.01. The molecule has 1 aliphatic rings. The number of amides is 2. The van der Waals surface area contributed by atoms with Crippen molar-refractivity contribution in [1.29, 1.82) is 0 Å². The summed E-state index contributed by atoms with van der Waals surface area (Å²) in [5.74, 6) is 0.404. The summed E-state index contributed by atoms with van der Waals surface area (Å²) in [5.41, 5.74) is 6.05. The van der Waals surface area contributed by atoms with Gasteiger partial charge in [-0.1, -0.05) is 24.6 Å². The third kappa shape index (κ3) is 4.74. The van der Waals surface area contributed by atoms with Gasteiger partial charge in [0.1, 0.15) is 5.75 Å². The predicted molar refractivity (Wildman–Crippen MR) is 98.1 cm³/mol. The zero-order valence-electron chi connectivity index (χ0n) is 13.8. The van der Waals surface area contributed by atoms with E-state index in [1.165, 1.54) is 21.8 Å². The second-order valence-electron chi connectivity index (χ2n) is 6.16. The average molecular weight is 379 g/mol. The van der Waals surface area contributed by atoms with Crippen molar-refractivity contribution in [1.82, 2.24) is 10.9 Å². The van der Waals surface area contributed by atoms with Crippen molar-refractivity contribution in [2.45, 2.75) is 26.2 Å². The van der Waals surface area contributed by atoms with E-state index >= 15 is 0 Å². The van der Waals surface area contributed by atoms with Crippen LogP contribution in [0.4, 0.5) is 0 Å². The third-order valence-electron chi connectivity index (χ3n) is 4.03. The largest absolute Gasteiger partial charge is 0.484 e. The van der Waals surface area contributed by atoms with Gasteiger partial charge in [-0.05, 0) is 55.0 Å². The Morgan fingerprint density at radius 1 is 1.32 bits per heavy atom. The minimum Gasteiger partial charge on any atom is -0.484 e. The lowest BCUT2D eigenvalue weighted by Gasteiger charge is -2.16. The van der Waals surface area contributed by atoms with Crippen LogP contribution in [0.25, 0.3) is 0 Å². The zero-order chi connectivity index (χ0) is 17.8. The molecule has 2 N–H and O–H groups in total. The zero-order valence-corrected chi connectivity index (χ0v) is 15.4. The summed E-state index contributed by atoms with van der Waals surface area (Å²) in [5, 5.41) is 0.530. The van der Waals surface area contributed by atoms with Gasteiger partial charge >= 0.3 is 0 Å². The SMILES string of the molecule is C[C@H]1CCc2sc(C(=O)NNC(=O)COc3cccc(Cl)c3)cc2C1. The van der Waals surface area contributed by atoms with Crippen molar-refractivity contribution in [2.24, 2.45) is 5.92 Å². The van der Waals surface area contributed by atoms with Gasteiger partial charge < -0.3 is 4.74 Å². The molecule has 0 spiro atoms. The number of aryl methyl sites for hydroxylation is 1. The smallest absolute Gasteiger partial charge is 0.279 e. The highest BCUT2D eigenvalue weighted by molar-refractivity contribution is 7.14. The molecule has 1 atom stereocenters. The summed E-state index contributed by atoms with van der Waals surface area (Å²) >= 11 is 7.35. The molecule has 7 heteroatoms. The first-order chi connectivity index (χ1) is 12.0. The molecule has 0 saturated heterocycles. The molecule has 1 aromatic carbocycles. The van der Waals surface area contributed by atoms with E-state index in [-0.39, 0.29) is 12.5 Å². The molecule has 0 aliphatic heterocycles. The van der Waals surface area contributed by atoms with Crippen LogP contribution in [0.3, 0.4) is 0 Å². The Hall–Kier alpha value is -2.05. The predicted octanol–water partition coefficient (Wildman–Crippen LogP) is 3.37. The number of nitrogens with one attached hydrogen (secondary N) is 2. The van der Waals surface area contributed by atoms with Crippen molar-refractivity contribution in [3.05, 3.63) is 50.7 Å². The minimum atomic E-state index is -0.441. The Kier molecular flexibility index (Phi) is 5.60. The topological polar surface area (TPSA) is 67.4 Å². The molecule has 5 nitrogen and oxygen atoms in total. The van der Waals surface area contributed by atoms with E-state index in [9.17, 15) is 9.59 Å². The Labute approximate surface area is 155 Å². The molecule has 1 aromatic heterocycles. The van der Waals surface area contributed by atoms with Crippen molar-refractivity contribution in [3.63, 3.8) is 0 Å². The van der Waals surface area contributed by atoms with Crippen LogP contribution in [0.1, 0.15) is 33.5 Å². The molecule has 1 heterocycles. The van der Waals surface area contributed by atoms with E-state index in [2.05, 4.69) is 17.8 Å². The van der Waals surface area contributed by atoms with E-state index in [4.69, 9.17) is 16.3 Å². The van der Waals surface area contributed by atoms with E-state index in [0.29, 0.717) is 21.6 Å². The van der Waals surface area contributed by atoms with Gasteiger partial charge in [0.05, 0.1) is 4.88 Å². The second-order valence-corrected chi connectivity index (χ2v) is 7.73. The van der Waals surface area contributed by atoms with Crippen molar-refractivity contribution >= 4 is 34.8 Å². The molecule has 1 aliphatic carbocycles. The number of fused-ring (bicyclic) bond motifs is 1. The van der Waals surface area contributed by atoms with E-state index in [1.54, 1.807) is 24.3 Å². The van der Waals surface area contributed by atoms with Crippen LogP contribution >= 0.6 is 22.9 Å². The monoisotopic (exact) mass is 378 g/mol. The van der Waals surface area contributed by atoms with Crippen molar-refractivity contribution in [2.75, 3.05) is 6.61 Å². The Bertz CT molecular complexity index is 790. The Morgan fingerprint density at radius 3 is 2.96 bits per heavy atom. The van der Waals surface area contributed by atoms with Crippen LogP contribution in [-0.4, -0.2) is 18.4 Å². The van der Waals surface area contributed by atoms with Crippen LogP contribution in [0.15, 0.2) is 30.3 Å². The first kappa shape index (κ1) is 17.8. The first-order valence-corrected chi connectivity index (χ1v) is 9.30. The van der Waals surface area contributed by atoms with Gasteiger partial charge in [-0.3, -0.25) is 20.4 Å². The molecular weight excluding hydrogens is 360 g/mol. The van der Waals surface area contributed by atoms with Crippen molar-refractivity contribution in [3.8, 4) is 5.75 Å². The molecule has 3 rings (SSSR count). The highest BCUT2D eigenvalue weighted by Gasteiger charge is 2.20. The maximum atomic E-state index is 12.2. The molecule has 0 fully saturated rings. The molecule has 0 saturated carbocycles. The number of rotatable bonds is 4. The molecule has 2 amide bonds. The molecule has 0 unspecified atom stereocenters. The lowest BCUT2D eigenvalue weighted by Crippen LogP contribution is -2.43. The summed E-state index contributed by atoms with van der Waals surface area (Å²) in [6.07, 6.45) is 3.19. The van der Waals surface area contributed by atoms with Crippen LogP contribution in [0.5, 0.6) is 5.75 Å². The fourth-order valence-electron chi connectivity index (χ4n) is 2.75. The van der Waals surface area contributed by atoms with E-state index in [0.717, 1.165) is 19.3 Å². The fraction of sp³-hybridized carbons (Fsp3) is 0.333. The highest BCUT2D eigenvalue weighted by atomic mass is 35.5. The first-order valence-electron chi connectivity index (χ1n) is 8.10. The average Bonchev–Trinajstić information content (AvgIpc) is 3.01. The number of ether oxygens (including phenoxy) is 1. The molecule has 0 radical (unpaired) electrons. The van der Waals surface area contributed by atoms with Crippen LogP contribution in [0, 0.1) is 5.92 Å². The number of benzene rings is 1. The van der Waals surface area contributed by atoms with Gasteiger partial charge in [-0.25, -0.2) is 0 Å². The number of thiophene rings is 1. The summed E-state index contributed by atoms with van der Waals surface area (Å²) in [4.78, 5) is 25.9. The maximum Gasteiger partial charge on any atom is 0.279 e. The second kappa shape index (κ2) is 7.89. The van der Waals surface area contributed by atoms with Gasteiger partial charge in [0.15, 0.2) is 6.61 Å². The number of hydrogen-bond acceptors (Lipinski definition) is 4. The minimum absolute atomic E-state index is 0.209. The quantitative estimate of drug-likeness (QED) is 0.801. The molecule has 132 valence electrons. The summed E-state index contributed by atoms with van der Waals surface area (Å²) in [6, 6.07) is 8.70. The standard InChI is InChI=1S/C18H19ClN2O3S/c1-11-5-6-15-12(7-11)8-16(25-15)18(23)21-20-17(22)10-24-14-4-2-3-13(19)9-14/h2-4,8-9,11H,5-7,10H2,1H3,(H,20,22)(H,21,23)/t11-/m0/s1. The number of hydrogen-bond donors (Lipinski definition) is 2. The molecule has 0 bridgehead atoms. The van der Waals surface area contributed by atoms with Gasteiger partial charge in [0, 0.05) is 9.90 Å². The number of carbonyl (C=O) groups excluding carboxylic acids is 2. The normalized spacial score (nSPS) is 16.0. The fourth-order valence-corrected chi connectivity index (χ4v) is 4.03. The summed E-state index contributed by atoms with van der Waals surface area (Å²) in [7, 11) is 0. The number of halogens is 1. The maximum absolute atomic E-state index is 12.2. The van der Waals surface area contributed by atoms with Gasteiger partial charge in [-0.2, -0.15) is 0 Å². The van der Waals surface area contributed by atoms with Gasteiger partial charge in [0.25, 0.3) is 11.8 Å². The number of carbonyl (C=O) groups is 2. The molecular formula is C18H19ClN2O3S.